The Kier molecular flexibility index (Phi) is 13.1. The predicted molar refractivity (Wildman–Crippen MR) is 471 cm³/mol. The largest absolute Gasteiger partial charge is 0.493 e. The van der Waals surface area contributed by atoms with Crippen molar-refractivity contribution >= 4 is 23.9 Å². The summed E-state index contributed by atoms with van der Waals surface area (Å²) in [5, 5.41) is 0. The smallest absolute Gasteiger partial charge is 0.323 e. The third-order valence-corrected chi connectivity index (χ3v) is 17.4. The van der Waals surface area contributed by atoms with Crippen LogP contribution in [0.2, 0.25) is 0 Å². The van der Waals surface area contributed by atoms with Crippen LogP contribution in [0.4, 0.5) is 0 Å². The van der Waals surface area contributed by atoms with Gasteiger partial charge in [0.25, 0.3) is 0 Å². The van der Waals surface area contributed by atoms with E-state index in [9.17, 15) is 52.1 Å². The molecule has 16 unspecified atom stereocenters. The van der Waals surface area contributed by atoms with E-state index in [0.717, 1.165) is 42.7 Å². The molecular weight excluding hydrogens is 1520 g/mol. The van der Waals surface area contributed by atoms with Crippen LogP contribution in [0.3, 0.4) is 0 Å². The molecule has 4 fully saturated rings. The van der Waals surface area contributed by atoms with E-state index in [2.05, 4.69) is 0 Å². The monoisotopic (exact) mass is 1750 g/mol. The molecule has 8 N–H and O–H groups in total. The van der Waals surface area contributed by atoms with Crippen LogP contribution in [0.15, 0.2) is 48.3 Å². The Hall–Kier alpha value is -7.16. The lowest BCUT2D eigenvalue weighted by Gasteiger charge is -2.47. The first-order valence-corrected chi connectivity index (χ1v) is 36.5. The van der Waals surface area contributed by atoms with Gasteiger partial charge in [0.05, 0.1) is 81.4 Å². The molecule has 0 radical (unpaired) electrons. The maximum Gasteiger partial charge on any atom is 0.323 e. The minimum Gasteiger partial charge on any atom is -0.493 e. The highest BCUT2D eigenvalue weighted by atomic mass is 16.6. The molecule has 8 heterocycles. The fourth-order valence-electron chi connectivity index (χ4n) is 10.9. The molecule has 8 aliphatic heterocycles. The molecule has 24 nitrogen and oxygen atoms in total. The van der Waals surface area contributed by atoms with Crippen LogP contribution in [0.5, 0.6) is 46.0 Å². The van der Waals surface area contributed by atoms with Crippen LogP contribution in [-0.4, -0.2) is 201 Å². The number of ether oxygens (including phenoxy) is 12. The Bertz CT molecular complexity index is 7450. The lowest BCUT2D eigenvalue weighted by molar-refractivity contribution is -0.161. The first kappa shape index (κ1) is 35.7. The molecule has 0 amide bonds. The molecule has 4 aromatic rings. The van der Waals surface area contributed by atoms with Crippen molar-refractivity contribution in [3.05, 3.63) is 92.8 Å². The number of piperidine rings is 4. The number of carbonyl (C=O) groups excluding carboxylic acids is 4. The van der Waals surface area contributed by atoms with Crippen LogP contribution in [-0.2, 0) is 63.6 Å². The van der Waals surface area contributed by atoms with Crippen molar-refractivity contribution in [1.29, 1.82) is 0 Å². The standard InChI is InChI=1S/4C24H38N2O4/c4*1-14(2)9-17-13-26-8-7-16-10-21(28-5)22(29-6)11-18(16)19(26)12-20(17)30-24(27)23(25)15(3)4/h4*10-11,14-15,17,19-20,23H,7-9,12-13,25H2,1-6H3/t4*17?,19?,20?,23-/m0000/s1/i2*1D3,5D3,7D2,8D2,9D2,10D,11D,12D2,13D2,14D,17D,19D;2*1D3,7D2,8D2,9D2,10D,11D,12D2,13D2,14D,17D,19D/t4*14?,17?,19?,20?,23-. The molecule has 4 aromatic carbocycles. The average Bonchev–Trinajstić information content (AvgIpc) is 0.641. The maximum atomic E-state index is 13.4. The second-order valence-electron chi connectivity index (χ2n) is 27.8. The molecule has 24 heteroatoms. The zero-order valence-electron chi connectivity index (χ0n) is 147. The highest BCUT2D eigenvalue weighted by Gasteiger charge is 2.47. The number of rotatable bonds is 28. The Labute approximate surface area is 828 Å². The van der Waals surface area contributed by atoms with Gasteiger partial charge in [0.15, 0.2) is 46.0 Å². The van der Waals surface area contributed by atoms with E-state index < -0.39 is 496 Å². The fourth-order valence-corrected chi connectivity index (χ4v) is 10.9. The van der Waals surface area contributed by atoms with Crippen molar-refractivity contribution in [2.24, 2.45) is 93.8 Å². The summed E-state index contributed by atoms with van der Waals surface area (Å²) in [6.07, 6.45) is -61.3. The van der Waals surface area contributed by atoms with E-state index in [4.69, 9.17) is 154 Å². The van der Waals surface area contributed by atoms with Crippen LogP contribution in [0.25, 0.3) is 0 Å². The molecule has 20 atom stereocenters. The summed E-state index contributed by atoms with van der Waals surface area (Å²) in [7, 11) is -1.21. The van der Waals surface area contributed by atoms with Gasteiger partial charge in [-0.25, -0.2) is 0 Å². The zero-order valence-corrected chi connectivity index (χ0v) is 68.6. The summed E-state index contributed by atoms with van der Waals surface area (Å²) in [5.74, 6) is -47.8. The van der Waals surface area contributed by atoms with Gasteiger partial charge in [0.2, 0.25) is 0 Å². The van der Waals surface area contributed by atoms with Gasteiger partial charge in [-0.15, -0.1) is 0 Å². The third kappa shape index (κ3) is 23.8. The normalized spacial score (nSPS) is 49.1. The van der Waals surface area contributed by atoms with E-state index in [1.54, 1.807) is 0 Å². The van der Waals surface area contributed by atoms with Crippen molar-refractivity contribution < 1.29 is 183 Å². The molecule has 0 bridgehead atoms. The van der Waals surface area contributed by atoms with E-state index in [-0.39, 0.29) is 0 Å². The Morgan fingerprint density at radius 2 is 0.558 bits per heavy atom. The van der Waals surface area contributed by atoms with E-state index >= 15 is 0 Å². The highest BCUT2D eigenvalue weighted by Crippen LogP contribution is 2.50. The van der Waals surface area contributed by atoms with Crippen molar-refractivity contribution in [1.82, 2.24) is 19.6 Å². The van der Waals surface area contributed by atoms with Crippen LogP contribution < -0.4 is 60.8 Å². The summed E-state index contributed by atoms with van der Waals surface area (Å²) in [4.78, 5) is 51.3. The van der Waals surface area contributed by atoms with Crippen LogP contribution >= 0.6 is 0 Å². The summed E-state index contributed by atoms with van der Waals surface area (Å²) in [6.45, 7) is -35.6. The molecule has 12 rings (SSSR count). The summed E-state index contributed by atoms with van der Waals surface area (Å²) >= 11 is 0. The lowest BCUT2D eigenvalue weighted by atomic mass is 9.79. The number of esters is 4. The quantitative estimate of drug-likeness (QED) is 0.0303. The molecule has 120 heavy (non-hydrogen) atoms. The number of hydrogen-bond acceptors (Lipinski definition) is 24. The third-order valence-electron chi connectivity index (χ3n) is 17.4. The predicted octanol–water partition coefficient (Wildman–Crippen LogP) is 14.3. The number of hydrogen-bond donors (Lipinski definition) is 4. The molecule has 0 aliphatic carbocycles. The van der Waals surface area contributed by atoms with Gasteiger partial charge in [0.1, 0.15) is 48.6 Å². The van der Waals surface area contributed by atoms with E-state index in [1.165, 1.54) is 55.4 Å². The van der Waals surface area contributed by atoms with Crippen molar-refractivity contribution in [3.8, 4) is 46.0 Å². The van der Waals surface area contributed by atoms with Gasteiger partial charge in [-0.2, -0.15) is 0 Å². The minimum absolute atomic E-state index is 0.411. The van der Waals surface area contributed by atoms with Crippen LogP contribution in [0.1, 0.15) is 337 Å². The summed E-state index contributed by atoms with van der Waals surface area (Å²) in [6, 6.07) is -31.9. The molecule has 4 saturated heterocycles. The molecule has 0 aromatic heterocycles. The molecule has 8 aliphatic rings. The van der Waals surface area contributed by atoms with Gasteiger partial charge in [0, 0.05) is 207 Å². The topological polar surface area (TPSA) is 296 Å². The number of nitrogens with two attached hydrogens (primary N) is 4. The number of nitrogens with zero attached hydrogens (tertiary/aromatic N) is 4. The summed E-state index contributed by atoms with van der Waals surface area (Å²) in [5.41, 5.74) is 13.2. The molecular formula is C96H152N8O16. The fraction of sp³-hybridized carbons (Fsp3) is 0.708. The first-order valence-electron chi connectivity index (χ1n) is 75.5. The van der Waals surface area contributed by atoms with Crippen molar-refractivity contribution in [2.75, 3.05) is 109 Å². The van der Waals surface area contributed by atoms with Gasteiger partial charge in [-0.05, 0) is 191 Å². The van der Waals surface area contributed by atoms with E-state index in [1.807, 2.05) is 0 Å². The van der Waals surface area contributed by atoms with Gasteiger partial charge < -0.3 is 79.8 Å². The van der Waals surface area contributed by atoms with Gasteiger partial charge >= 0.3 is 23.9 Å². The number of fused-ring (bicyclic) bond motifs is 12. The van der Waals surface area contributed by atoms with Crippen molar-refractivity contribution in [2.45, 2.75) is 260 Å². The van der Waals surface area contributed by atoms with E-state index in [0.29, 0.717) is 27.7 Å². The maximum absolute atomic E-state index is 13.4. The van der Waals surface area contributed by atoms with Crippen molar-refractivity contribution in [3.63, 3.8) is 0 Å². The Morgan fingerprint density at radius 3 is 0.733 bits per heavy atom. The SMILES string of the molecule is [2H]c1c(OC([2H])([2H])[2H])c(OC)c([2H])c2c1C([2H])([2H])C([2H])([2H])N1C([2H])([2H])C([2H])(C([2H])([2H])C([2H])(C)C([2H])([2H])[2H])C(OC(=O)[C@@H](N)C(C)C)C([2H])([2H])C21[2H].[2H]c1c(OC([2H])([2H])[2H])c(OC)c([2H])c2c1C([2H])([2H])C([2H])([2H])N1C([2H])([2H])C([2H])(C([2H])([2H])C([2H])(C)C([2H])([2H])[2H])C(OC(=O)[C@@H](N)C(C)C)C([2H])([2H])C21[2H].[2H]c1c(OC)c(OC)c([2H])c2c1C([2H])([2H])C([2H])([2H])N1C([2H])([2H])C([2H])(C([2H])([2H])C([2H])(C)C([2H])([2H])[2H])C(OC(=O)[C@@H](N)C(C)C)C([2H])([2H])C21[2H].[2H]c1c(OC)c(OC)c([2H])c2c1C([2H])([2H])C([2H])([2H])N1C([2H])([2H])C([2H])(C([2H])([2H])C([2H])(C)C([2H])([2H])[2H])C(OC(=O)[C@@H](N)C(C)C)C([2H])([2H])C21[2H]. The Morgan fingerprint density at radius 1 is 0.367 bits per heavy atom. The second-order valence-corrected chi connectivity index (χ2v) is 27.8. The number of methoxy groups -OCH3 is 8. The van der Waals surface area contributed by atoms with Gasteiger partial charge in [-0.3, -0.25) is 38.8 Å². The number of benzene rings is 4. The van der Waals surface area contributed by atoms with Gasteiger partial charge in [-0.1, -0.05) is 110 Å². The summed E-state index contributed by atoms with van der Waals surface area (Å²) < 4.78 is 743. The second kappa shape index (κ2) is 43.9. The average molecular weight is 1750 g/mol. The lowest BCUT2D eigenvalue weighted by Crippen LogP contribution is -2.51. The highest BCUT2D eigenvalue weighted by molar-refractivity contribution is 5.77. The molecule has 0 saturated carbocycles. The Balaban J connectivity index is 0.000000286. The minimum atomic E-state index is -4.38. The zero-order chi connectivity index (χ0) is 157. The first-order chi connectivity index (χ1) is 87.1. The molecule has 0 spiro atoms. The van der Waals surface area contributed by atoms with Crippen LogP contribution in [0, 0.1) is 70.8 Å². The number of carbonyl (C=O) groups is 4. The molecule has 672 valence electrons.